The Morgan fingerprint density at radius 2 is 1.78 bits per heavy atom. The smallest absolute Gasteiger partial charge is 0.193 e. The molecule has 1 atom stereocenters. The Kier molecular flexibility index (Phi) is 8.02. The molecule has 37 heavy (non-hydrogen) atoms. The van der Waals surface area contributed by atoms with Crippen molar-refractivity contribution in [3.8, 4) is 22.6 Å². The Hall–Kier alpha value is -3.41. The minimum atomic E-state index is -0.000287. The molecule has 1 fully saturated rings. The molecule has 0 spiro atoms. The third kappa shape index (κ3) is 5.63. The molecule has 3 aromatic carbocycles. The van der Waals surface area contributed by atoms with E-state index < -0.39 is 0 Å². The number of methoxy groups -OCH3 is 2. The van der Waals surface area contributed by atoms with Crippen LogP contribution in [0.2, 0.25) is 0 Å². The van der Waals surface area contributed by atoms with E-state index in [1.54, 1.807) is 14.2 Å². The number of nitrogens with zero attached hydrogens (tertiary/aromatic N) is 1. The highest BCUT2D eigenvalue weighted by atomic mass is 16.5. The Labute approximate surface area is 219 Å². The number of carbonyl (C=O) groups is 1. The number of Topliss-reactive ketones (excluding diaryl/α,β-unsaturated/α-hetero) is 1. The van der Waals surface area contributed by atoms with Crippen molar-refractivity contribution in [1.82, 2.24) is 4.90 Å². The lowest BCUT2D eigenvalue weighted by molar-refractivity contribution is 0.0609. The molecule has 1 aliphatic heterocycles. The number of benzene rings is 3. The van der Waals surface area contributed by atoms with E-state index in [1.165, 1.54) is 32.4 Å². The normalized spacial score (nSPS) is 18.0. The van der Waals surface area contributed by atoms with E-state index in [1.807, 2.05) is 72.8 Å². The first kappa shape index (κ1) is 25.2. The number of fused-ring (bicyclic) bond motifs is 1. The minimum absolute atomic E-state index is 0.000287. The number of allylic oxidation sites excluding steroid dienone is 2. The highest BCUT2D eigenvalue weighted by molar-refractivity contribution is 6.21. The van der Waals surface area contributed by atoms with Gasteiger partial charge in [0.15, 0.2) is 5.78 Å². The largest absolute Gasteiger partial charge is 0.497 e. The van der Waals surface area contributed by atoms with Crippen LogP contribution in [0.5, 0.6) is 11.5 Å². The van der Waals surface area contributed by atoms with E-state index in [9.17, 15) is 4.79 Å². The number of ether oxygens (including phenoxy) is 3. The summed E-state index contributed by atoms with van der Waals surface area (Å²) in [5.41, 5.74) is 3.11. The quantitative estimate of drug-likeness (QED) is 0.317. The molecular formula is C32H35NO4. The molecule has 0 N–H and O–H groups in total. The van der Waals surface area contributed by atoms with Crippen LogP contribution in [-0.2, 0) is 4.74 Å². The van der Waals surface area contributed by atoms with Crippen LogP contribution in [0.1, 0.15) is 36.0 Å². The summed E-state index contributed by atoms with van der Waals surface area (Å²) in [6.45, 7) is 4.04. The van der Waals surface area contributed by atoms with Crippen molar-refractivity contribution in [3.63, 3.8) is 0 Å². The molecule has 0 bridgehead atoms. The van der Waals surface area contributed by atoms with Crippen molar-refractivity contribution in [2.45, 2.75) is 31.8 Å². The molecule has 0 amide bonds. The topological polar surface area (TPSA) is 48.0 Å². The van der Waals surface area contributed by atoms with Gasteiger partial charge in [-0.1, -0.05) is 55.0 Å². The molecular weight excluding hydrogens is 462 g/mol. The van der Waals surface area contributed by atoms with Gasteiger partial charge in [-0.05, 0) is 73.0 Å². The molecule has 5 heteroatoms. The zero-order valence-electron chi connectivity index (χ0n) is 21.7. The maximum absolute atomic E-state index is 14.1. The highest BCUT2D eigenvalue weighted by Gasteiger charge is 2.23. The van der Waals surface area contributed by atoms with Crippen LogP contribution in [0.15, 0.2) is 78.4 Å². The van der Waals surface area contributed by atoms with E-state index in [2.05, 4.69) is 4.90 Å². The van der Waals surface area contributed by atoms with Crippen molar-refractivity contribution in [3.05, 3.63) is 84.0 Å². The summed E-state index contributed by atoms with van der Waals surface area (Å²) in [6, 6.07) is 17.7. The second kappa shape index (κ2) is 11.8. The zero-order chi connectivity index (χ0) is 25.6. The first-order valence-electron chi connectivity index (χ1n) is 13.2. The van der Waals surface area contributed by atoms with Crippen LogP contribution in [0.25, 0.3) is 21.9 Å². The predicted molar refractivity (Wildman–Crippen MR) is 149 cm³/mol. The van der Waals surface area contributed by atoms with Crippen LogP contribution >= 0.6 is 0 Å². The maximum Gasteiger partial charge on any atom is 0.193 e. The van der Waals surface area contributed by atoms with E-state index >= 15 is 0 Å². The van der Waals surface area contributed by atoms with Gasteiger partial charge in [-0.2, -0.15) is 0 Å². The summed E-state index contributed by atoms with van der Waals surface area (Å²) in [4.78, 5) is 16.5. The van der Waals surface area contributed by atoms with E-state index in [0.717, 1.165) is 46.6 Å². The maximum atomic E-state index is 14.1. The number of carbonyl (C=O) groups excluding carboxylic acids is 1. The molecule has 0 saturated carbocycles. The number of likely N-dealkylation sites (tertiary alicyclic amines) is 1. The molecule has 1 aliphatic carbocycles. The molecule has 1 saturated heterocycles. The van der Waals surface area contributed by atoms with Crippen molar-refractivity contribution in [1.29, 1.82) is 0 Å². The molecule has 5 nitrogen and oxygen atoms in total. The number of para-hydroxylation sites is 1. The van der Waals surface area contributed by atoms with Crippen molar-refractivity contribution in [2.24, 2.45) is 0 Å². The first-order chi connectivity index (χ1) is 18.2. The molecule has 1 heterocycles. The first-order valence-corrected chi connectivity index (χ1v) is 13.2. The fourth-order valence-electron chi connectivity index (χ4n) is 5.32. The van der Waals surface area contributed by atoms with Gasteiger partial charge in [0, 0.05) is 23.2 Å². The molecule has 1 unspecified atom stereocenters. The van der Waals surface area contributed by atoms with Gasteiger partial charge in [0.25, 0.3) is 0 Å². The second-order valence-electron chi connectivity index (χ2n) is 9.67. The van der Waals surface area contributed by atoms with Gasteiger partial charge in [0.05, 0.1) is 26.9 Å². The molecule has 2 aliphatic rings. The average molecular weight is 498 g/mol. The second-order valence-corrected chi connectivity index (χ2v) is 9.67. The zero-order valence-corrected chi connectivity index (χ0v) is 21.7. The van der Waals surface area contributed by atoms with E-state index in [-0.39, 0.29) is 11.9 Å². The number of rotatable bonds is 9. The van der Waals surface area contributed by atoms with Crippen LogP contribution in [0, 0.1) is 0 Å². The molecule has 0 aromatic heterocycles. The Morgan fingerprint density at radius 3 is 2.54 bits per heavy atom. The Balaban J connectivity index is 1.40. The SMILES string of the molecule is COc1ccc2c(C(=O)C3=CCC(OCCN4CCCCC4)C=C3)c(-c3ccccc3OC)ccc2c1. The molecule has 0 radical (unpaired) electrons. The Bertz CT molecular complexity index is 1320. The van der Waals surface area contributed by atoms with Crippen LogP contribution in [0.3, 0.4) is 0 Å². The summed E-state index contributed by atoms with van der Waals surface area (Å²) < 4.78 is 17.2. The van der Waals surface area contributed by atoms with Gasteiger partial charge in [-0.25, -0.2) is 0 Å². The van der Waals surface area contributed by atoms with Gasteiger partial charge in [0.2, 0.25) is 0 Å². The van der Waals surface area contributed by atoms with Gasteiger partial charge < -0.3 is 19.1 Å². The lowest BCUT2D eigenvalue weighted by Gasteiger charge is -2.27. The van der Waals surface area contributed by atoms with Gasteiger partial charge in [-0.15, -0.1) is 0 Å². The van der Waals surface area contributed by atoms with Crippen molar-refractivity contribution in [2.75, 3.05) is 40.5 Å². The van der Waals surface area contributed by atoms with E-state index in [4.69, 9.17) is 14.2 Å². The predicted octanol–water partition coefficient (Wildman–Crippen LogP) is 6.46. The number of piperidine rings is 1. The van der Waals surface area contributed by atoms with Crippen molar-refractivity contribution < 1.29 is 19.0 Å². The summed E-state index contributed by atoms with van der Waals surface area (Å²) in [5.74, 6) is 1.50. The van der Waals surface area contributed by atoms with Crippen LogP contribution in [-0.4, -0.2) is 57.2 Å². The third-order valence-corrected chi connectivity index (χ3v) is 7.36. The number of ketones is 1. The third-order valence-electron chi connectivity index (χ3n) is 7.36. The fourth-order valence-corrected chi connectivity index (χ4v) is 5.32. The van der Waals surface area contributed by atoms with E-state index in [0.29, 0.717) is 17.6 Å². The highest BCUT2D eigenvalue weighted by Crippen LogP contribution is 2.38. The molecule has 3 aromatic rings. The van der Waals surface area contributed by atoms with Crippen molar-refractivity contribution >= 4 is 16.6 Å². The fraction of sp³-hybridized carbons (Fsp3) is 0.344. The lowest BCUT2D eigenvalue weighted by Crippen LogP contribution is -2.33. The Morgan fingerprint density at radius 1 is 0.946 bits per heavy atom. The lowest BCUT2D eigenvalue weighted by atomic mass is 9.87. The monoisotopic (exact) mass is 497 g/mol. The summed E-state index contributed by atoms with van der Waals surface area (Å²) in [6.07, 6.45) is 10.6. The number of hydrogen-bond acceptors (Lipinski definition) is 5. The standard InChI is InChI=1S/C32H35NO4/c1-35-26-15-17-27-24(22-26)12-16-29(28-8-4-5-9-30(28)36-2)31(27)32(34)23-10-13-25(14-11-23)37-21-20-33-18-6-3-7-19-33/h4-5,8-13,15-17,22,25H,3,6-7,14,18-21H2,1-2H3. The number of hydrogen-bond donors (Lipinski definition) is 0. The minimum Gasteiger partial charge on any atom is -0.497 e. The summed E-state index contributed by atoms with van der Waals surface area (Å²) in [7, 11) is 3.31. The van der Waals surface area contributed by atoms with Gasteiger partial charge in [0.1, 0.15) is 11.5 Å². The van der Waals surface area contributed by atoms with Gasteiger partial charge >= 0.3 is 0 Å². The van der Waals surface area contributed by atoms with Crippen LogP contribution < -0.4 is 9.47 Å². The average Bonchev–Trinajstić information content (AvgIpc) is 2.96. The molecule has 192 valence electrons. The molecule has 5 rings (SSSR count). The summed E-state index contributed by atoms with van der Waals surface area (Å²) >= 11 is 0. The van der Waals surface area contributed by atoms with Gasteiger partial charge in [-0.3, -0.25) is 4.79 Å². The summed E-state index contributed by atoms with van der Waals surface area (Å²) in [5, 5.41) is 1.85. The van der Waals surface area contributed by atoms with Crippen LogP contribution in [0.4, 0.5) is 0 Å².